The van der Waals surface area contributed by atoms with Crippen LogP contribution in [-0.4, -0.2) is 5.78 Å². The molecule has 0 aromatic heterocycles. The summed E-state index contributed by atoms with van der Waals surface area (Å²) in [5.74, 6) is 0.387. The minimum atomic E-state index is 0.387. The maximum Gasteiger partial charge on any atom is 0.136 e. The molecule has 0 saturated heterocycles. The number of benzene rings is 1. The van der Waals surface area contributed by atoms with Crippen molar-refractivity contribution in [1.29, 1.82) is 0 Å². The van der Waals surface area contributed by atoms with E-state index in [0.717, 1.165) is 19.3 Å². The average Bonchev–Trinajstić information content (AvgIpc) is 2.19. The third-order valence-corrected chi connectivity index (χ3v) is 2.55. The first kappa shape index (κ1) is 9.20. The maximum atomic E-state index is 11.2. The fourth-order valence-electron chi connectivity index (χ4n) is 1.85. The van der Waals surface area contributed by atoms with Crippen molar-refractivity contribution in [3.8, 4) is 0 Å². The van der Waals surface area contributed by atoms with Crippen LogP contribution in [0, 0.1) is 0 Å². The highest BCUT2D eigenvalue weighted by atomic mass is 16.1. The van der Waals surface area contributed by atoms with Crippen molar-refractivity contribution in [3.63, 3.8) is 0 Å². The molecular weight excluding hydrogens is 172 g/mol. The summed E-state index contributed by atoms with van der Waals surface area (Å²) in [4.78, 5) is 11.2. The molecule has 14 heavy (non-hydrogen) atoms. The van der Waals surface area contributed by atoms with Crippen molar-refractivity contribution in [2.45, 2.75) is 25.7 Å². The van der Waals surface area contributed by atoms with Crippen LogP contribution in [0.1, 0.15) is 31.2 Å². The molecule has 1 heteroatoms. The number of hydrogen-bond donors (Lipinski definition) is 0. The Labute approximate surface area is 84.5 Å². The predicted molar refractivity (Wildman–Crippen MR) is 57.9 cm³/mol. The van der Waals surface area contributed by atoms with E-state index < -0.39 is 0 Å². The van der Waals surface area contributed by atoms with Crippen molar-refractivity contribution in [3.05, 3.63) is 41.5 Å². The zero-order chi connectivity index (χ0) is 9.80. The zero-order valence-electron chi connectivity index (χ0n) is 8.20. The van der Waals surface area contributed by atoms with Gasteiger partial charge in [-0.1, -0.05) is 42.0 Å². The van der Waals surface area contributed by atoms with Crippen LogP contribution in [0.3, 0.4) is 0 Å². The minimum absolute atomic E-state index is 0.387. The van der Waals surface area contributed by atoms with Gasteiger partial charge in [-0.2, -0.15) is 0 Å². The predicted octanol–water partition coefficient (Wildman–Crippen LogP) is 3.21. The molecule has 1 aromatic carbocycles. The lowest BCUT2D eigenvalue weighted by atomic mass is 9.92. The first-order valence-corrected chi connectivity index (χ1v) is 5.11. The molecule has 0 heterocycles. The van der Waals surface area contributed by atoms with E-state index in [-0.39, 0.29) is 0 Å². The summed E-state index contributed by atoms with van der Waals surface area (Å²) in [5, 5.41) is 0. The molecule has 0 atom stereocenters. The molecular formula is C13H14O. The average molecular weight is 186 g/mol. The van der Waals surface area contributed by atoms with E-state index >= 15 is 0 Å². The van der Waals surface area contributed by atoms with Gasteiger partial charge >= 0.3 is 0 Å². The quantitative estimate of drug-likeness (QED) is 0.658. The summed E-state index contributed by atoms with van der Waals surface area (Å²) in [5.41, 5.74) is 2.49. The number of rotatable bonds is 1. The monoisotopic (exact) mass is 186 g/mol. The Balaban J connectivity index is 2.14. The Hall–Kier alpha value is -1.37. The largest absolute Gasteiger partial charge is 0.299 e. The Morgan fingerprint density at radius 3 is 2.57 bits per heavy atom. The standard InChI is InChI=1S/C13H14O/c14-13-8-4-7-12(10-13)9-11-5-2-1-3-6-11/h1-3,5-6,9H,4,7-8,10H2. The first-order valence-electron chi connectivity index (χ1n) is 5.11. The zero-order valence-corrected chi connectivity index (χ0v) is 8.20. The van der Waals surface area contributed by atoms with Gasteiger partial charge in [0.2, 0.25) is 0 Å². The molecule has 0 unspecified atom stereocenters. The van der Waals surface area contributed by atoms with E-state index in [4.69, 9.17) is 0 Å². The number of carbonyl (C=O) groups excluding carboxylic acids is 1. The molecule has 0 bridgehead atoms. The van der Waals surface area contributed by atoms with E-state index in [0.29, 0.717) is 12.2 Å². The Bertz CT molecular complexity index is 349. The number of allylic oxidation sites excluding steroid dienone is 1. The van der Waals surface area contributed by atoms with E-state index in [2.05, 4.69) is 18.2 Å². The molecule has 1 nitrogen and oxygen atoms in total. The molecule has 0 spiro atoms. The molecule has 2 rings (SSSR count). The Morgan fingerprint density at radius 1 is 1.07 bits per heavy atom. The smallest absolute Gasteiger partial charge is 0.136 e. The van der Waals surface area contributed by atoms with E-state index in [1.54, 1.807) is 0 Å². The highest BCUT2D eigenvalue weighted by Gasteiger charge is 2.12. The van der Waals surface area contributed by atoms with Gasteiger partial charge in [0, 0.05) is 12.8 Å². The number of ketones is 1. The van der Waals surface area contributed by atoms with Crippen molar-refractivity contribution in [1.82, 2.24) is 0 Å². The molecule has 1 fully saturated rings. The van der Waals surface area contributed by atoms with Gasteiger partial charge in [-0.15, -0.1) is 0 Å². The van der Waals surface area contributed by atoms with Crippen LogP contribution in [-0.2, 0) is 4.79 Å². The van der Waals surface area contributed by atoms with Gasteiger partial charge < -0.3 is 0 Å². The van der Waals surface area contributed by atoms with Gasteiger partial charge in [-0.3, -0.25) is 4.79 Å². The van der Waals surface area contributed by atoms with Crippen LogP contribution in [0.15, 0.2) is 35.9 Å². The van der Waals surface area contributed by atoms with Gasteiger partial charge in [0.1, 0.15) is 5.78 Å². The van der Waals surface area contributed by atoms with Crippen molar-refractivity contribution < 1.29 is 4.79 Å². The third kappa shape index (κ3) is 2.32. The summed E-state index contributed by atoms with van der Waals surface area (Å²) in [7, 11) is 0. The summed E-state index contributed by atoms with van der Waals surface area (Å²) >= 11 is 0. The molecule has 1 saturated carbocycles. The fraction of sp³-hybridized carbons (Fsp3) is 0.308. The summed E-state index contributed by atoms with van der Waals surface area (Å²) in [6.45, 7) is 0. The minimum Gasteiger partial charge on any atom is -0.299 e. The summed E-state index contributed by atoms with van der Waals surface area (Å²) in [6, 6.07) is 10.2. The van der Waals surface area contributed by atoms with Gasteiger partial charge in [0.05, 0.1) is 0 Å². The second kappa shape index (κ2) is 4.23. The molecule has 0 N–H and O–H groups in total. The normalized spacial score (nSPS) is 20.0. The lowest BCUT2D eigenvalue weighted by Crippen LogP contribution is -2.06. The molecule has 1 aliphatic rings. The van der Waals surface area contributed by atoms with Gasteiger partial charge in [0.25, 0.3) is 0 Å². The SMILES string of the molecule is O=C1CCCC(=Cc2ccccc2)C1. The maximum absolute atomic E-state index is 11.2. The first-order chi connectivity index (χ1) is 6.84. The molecule has 0 amide bonds. The molecule has 0 aliphatic heterocycles. The summed E-state index contributed by atoms with van der Waals surface area (Å²) in [6.07, 6.45) is 5.69. The number of Topliss-reactive ketones (excluding diaryl/α,β-unsaturated/α-hetero) is 1. The molecule has 1 aliphatic carbocycles. The van der Waals surface area contributed by atoms with Crippen LogP contribution in [0.4, 0.5) is 0 Å². The van der Waals surface area contributed by atoms with Crippen molar-refractivity contribution in [2.24, 2.45) is 0 Å². The van der Waals surface area contributed by atoms with Crippen LogP contribution < -0.4 is 0 Å². The fourth-order valence-corrected chi connectivity index (χ4v) is 1.85. The van der Waals surface area contributed by atoms with Gasteiger partial charge in [-0.05, 0) is 18.4 Å². The highest BCUT2D eigenvalue weighted by Crippen LogP contribution is 2.22. The second-order valence-corrected chi connectivity index (χ2v) is 3.78. The van der Waals surface area contributed by atoms with E-state index in [1.807, 2.05) is 18.2 Å². The van der Waals surface area contributed by atoms with Crippen molar-refractivity contribution >= 4 is 11.9 Å². The van der Waals surface area contributed by atoms with Crippen molar-refractivity contribution in [2.75, 3.05) is 0 Å². The number of carbonyl (C=O) groups is 1. The molecule has 72 valence electrons. The second-order valence-electron chi connectivity index (χ2n) is 3.78. The third-order valence-electron chi connectivity index (χ3n) is 2.55. The van der Waals surface area contributed by atoms with Crippen LogP contribution in [0.5, 0.6) is 0 Å². The van der Waals surface area contributed by atoms with Crippen LogP contribution in [0.2, 0.25) is 0 Å². The van der Waals surface area contributed by atoms with E-state index in [1.165, 1.54) is 11.1 Å². The Morgan fingerprint density at radius 2 is 1.86 bits per heavy atom. The van der Waals surface area contributed by atoms with Gasteiger partial charge in [0.15, 0.2) is 0 Å². The number of hydrogen-bond acceptors (Lipinski definition) is 1. The lowest BCUT2D eigenvalue weighted by molar-refractivity contribution is -0.119. The van der Waals surface area contributed by atoms with Crippen LogP contribution >= 0.6 is 0 Å². The van der Waals surface area contributed by atoms with Gasteiger partial charge in [-0.25, -0.2) is 0 Å². The molecule has 1 aromatic rings. The topological polar surface area (TPSA) is 17.1 Å². The van der Waals surface area contributed by atoms with Crippen LogP contribution in [0.25, 0.3) is 6.08 Å². The highest BCUT2D eigenvalue weighted by molar-refractivity contribution is 5.83. The lowest BCUT2D eigenvalue weighted by Gasteiger charge is -2.12. The summed E-state index contributed by atoms with van der Waals surface area (Å²) < 4.78 is 0. The van der Waals surface area contributed by atoms with E-state index in [9.17, 15) is 4.79 Å². The molecule has 0 radical (unpaired) electrons. The Kier molecular flexibility index (Phi) is 2.78.